The molecule has 0 aromatic rings. The lowest BCUT2D eigenvalue weighted by Gasteiger charge is -2.35. The Bertz CT molecular complexity index is 115. The van der Waals surface area contributed by atoms with Crippen molar-refractivity contribution >= 4 is 0 Å². The molecule has 1 fully saturated rings. The van der Waals surface area contributed by atoms with Crippen molar-refractivity contribution in [1.29, 1.82) is 0 Å². The van der Waals surface area contributed by atoms with Crippen LogP contribution in [0.15, 0.2) is 0 Å². The zero-order chi connectivity index (χ0) is 8.43. The number of hydrogen-bond acceptors (Lipinski definition) is 2. The SMILES string of the molecule is CC[C@H]1C[C@@H](N)[C@H](O)[C@@H](C)C1. The molecule has 0 amide bonds. The van der Waals surface area contributed by atoms with E-state index in [1.807, 2.05) is 0 Å². The highest BCUT2D eigenvalue weighted by Crippen LogP contribution is 2.30. The molecule has 66 valence electrons. The number of nitrogens with two attached hydrogens (primary N) is 1. The van der Waals surface area contributed by atoms with Crippen molar-refractivity contribution in [1.82, 2.24) is 0 Å². The van der Waals surface area contributed by atoms with Gasteiger partial charge in [0.05, 0.1) is 6.10 Å². The van der Waals surface area contributed by atoms with E-state index in [0.717, 1.165) is 18.8 Å². The van der Waals surface area contributed by atoms with E-state index in [1.54, 1.807) is 0 Å². The van der Waals surface area contributed by atoms with Gasteiger partial charge in [-0.2, -0.15) is 0 Å². The Kier molecular flexibility index (Phi) is 2.90. The van der Waals surface area contributed by atoms with Gasteiger partial charge in [-0.05, 0) is 24.7 Å². The molecule has 1 aliphatic carbocycles. The molecule has 2 nitrogen and oxygen atoms in total. The fourth-order valence-electron chi connectivity index (χ4n) is 2.04. The minimum Gasteiger partial charge on any atom is -0.391 e. The molecule has 0 aromatic carbocycles. The number of hydrogen-bond donors (Lipinski definition) is 2. The maximum absolute atomic E-state index is 9.53. The van der Waals surface area contributed by atoms with Crippen LogP contribution in [0.5, 0.6) is 0 Å². The number of aliphatic hydroxyl groups is 1. The Morgan fingerprint density at radius 1 is 1.45 bits per heavy atom. The first-order valence-electron chi connectivity index (χ1n) is 4.58. The minimum atomic E-state index is -0.266. The lowest BCUT2D eigenvalue weighted by atomic mass is 9.77. The van der Waals surface area contributed by atoms with Gasteiger partial charge in [-0.15, -0.1) is 0 Å². The first-order chi connectivity index (χ1) is 5.15. The second-order valence-corrected chi connectivity index (χ2v) is 3.88. The van der Waals surface area contributed by atoms with Crippen LogP contribution in [-0.4, -0.2) is 17.3 Å². The summed E-state index contributed by atoms with van der Waals surface area (Å²) < 4.78 is 0. The third kappa shape index (κ3) is 1.94. The normalized spacial score (nSPS) is 45.8. The molecule has 1 saturated carbocycles. The summed E-state index contributed by atoms with van der Waals surface area (Å²) in [6.07, 6.45) is 3.08. The van der Waals surface area contributed by atoms with Gasteiger partial charge in [0.15, 0.2) is 0 Å². The fourth-order valence-corrected chi connectivity index (χ4v) is 2.04. The van der Waals surface area contributed by atoms with Gasteiger partial charge < -0.3 is 10.8 Å². The van der Waals surface area contributed by atoms with E-state index < -0.39 is 0 Å². The molecule has 3 N–H and O–H groups in total. The third-order valence-electron chi connectivity index (χ3n) is 2.91. The second-order valence-electron chi connectivity index (χ2n) is 3.88. The Hall–Kier alpha value is -0.0800. The maximum atomic E-state index is 9.53. The Labute approximate surface area is 68.8 Å². The van der Waals surface area contributed by atoms with Gasteiger partial charge >= 0.3 is 0 Å². The summed E-state index contributed by atoms with van der Waals surface area (Å²) >= 11 is 0. The molecule has 11 heavy (non-hydrogen) atoms. The zero-order valence-corrected chi connectivity index (χ0v) is 7.46. The van der Waals surface area contributed by atoms with Crippen LogP contribution in [0.1, 0.15) is 33.1 Å². The van der Waals surface area contributed by atoms with Crippen LogP contribution in [0.25, 0.3) is 0 Å². The summed E-state index contributed by atoms with van der Waals surface area (Å²) in [6.45, 7) is 4.29. The summed E-state index contributed by atoms with van der Waals surface area (Å²) in [7, 11) is 0. The van der Waals surface area contributed by atoms with Crippen molar-refractivity contribution < 1.29 is 5.11 Å². The first-order valence-corrected chi connectivity index (χ1v) is 4.58. The number of rotatable bonds is 1. The van der Waals surface area contributed by atoms with Crippen molar-refractivity contribution in [3.05, 3.63) is 0 Å². The van der Waals surface area contributed by atoms with Gasteiger partial charge in [0.2, 0.25) is 0 Å². The largest absolute Gasteiger partial charge is 0.391 e. The van der Waals surface area contributed by atoms with E-state index in [2.05, 4.69) is 13.8 Å². The van der Waals surface area contributed by atoms with E-state index in [4.69, 9.17) is 5.73 Å². The molecular formula is C9H19NO. The molecule has 0 aromatic heterocycles. The van der Waals surface area contributed by atoms with Gasteiger partial charge in [0.1, 0.15) is 0 Å². The van der Waals surface area contributed by atoms with Crippen molar-refractivity contribution in [2.45, 2.75) is 45.3 Å². The molecule has 0 heterocycles. The van der Waals surface area contributed by atoms with Crippen molar-refractivity contribution in [2.75, 3.05) is 0 Å². The predicted octanol–water partition coefficient (Wildman–Crippen LogP) is 1.13. The van der Waals surface area contributed by atoms with Gasteiger partial charge in [-0.1, -0.05) is 20.3 Å². The van der Waals surface area contributed by atoms with Crippen LogP contribution in [-0.2, 0) is 0 Å². The fraction of sp³-hybridized carbons (Fsp3) is 1.00. The van der Waals surface area contributed by atoms with Crippen LogP contribution in [0.2, 0.25) is 0 Å². The first kappa shape index (κ1) is 9.01. The highest BCUT2D eigenvalue weighted by Gasteiger charge is 2.30. The van der Waals surface area contributed by atoms with Crippen LogP contribution in [0.4, 0.5) is 0 Å². The molecule has 1 aliphatic rings. The van der Waals surface area contributed by atoms with Crippen LogP contribution in [0, 0.1) is 11.8 Å². The van der Waals surface area contributed by atoms with Gasteiger partial charge in [0, 0.05) is 6.04 Å². The van der Waals surface area contributed by atoms with Crippen molar-refractivity contribution in [3.8, 4) is 0 Å². The van der Waals surface area contributed by atoms with Crippen LogP contribution < -0.4 is 5.73 Å². The van der Waals surface area contributed by atoms with Gasteiger partial charge in [-0.25, -0.2) is 0 Å². The lowest BCUT2D eigenvalue weighted by Crippen LogP contribution is -2.45. The van der Waals surface area contributed by atoms with Gasteiger partial charge in [-0.3, -0.25) is 0 Å². The Morgan fingerprint density at radius 3 is 2.55 bits per heavy atom. The Balaban J connectivity index is 2.47. The van der Waals surface area contributed by atoms with E-state index in [-0.39, 0.29) is 12.1 Å². The quantitative estimate of drug-likeness (QED) is 0.599. The topological polar surface area (TPSA) is 46.2 Å². The summed E-state index contributed by atoms with van der Waals surface area (Å²) in [4.78, 5) is 0. The van der Waals surface area contributed by atoms with Crippen LogP contribution >= 0.6 is 0 Å². The van der Waals surface area contributed by atoms with Crippen molar-refractivity contribution in [3.63, 3.8) is 0 Å². The molecule has 2 heteroatoms. The predicted molar refractivity (Wildman–Crippen MR) is 46.2 cm³/mol. The second kappa shape index (κ2) is 3.55. The van der Waals surface area contributed by atoms with E-state index in [1.165, 1.54) is 6.42 Å². The Morgan fingerprint density at radius 2 is 2.09 bits per heavy atom. The average molecular weight is 157 g/mol. The molecule has 0 aliphatic heterocycles. The average Bonchev–Trinajstić information content (AvgIpc) is 1.99. The monoisotopic (exact) mass is 157 g/mol. The molecule has 1 rings (SSSR count). The smallest absolute Gasteiger partial charge is 0.0716 e. The minimum absolute atomic E-state index is 0.0173. The molecule has 0 spiro atoms. The maximum Gasteiger partial charge on any atom is 0.0716 e. The molecule has 0 unspecified atom stereocenters. The van der Waals surface area contributed by atoms with E-state index in [9.17, 15) is 5.11 Å². The highest BCUT2D eigenvalue weighted by atomic mass is 16.3. The summed E-state index contributed by atoms with van der Waals surface area (Å²) in [6, 6.07) is 0.0173. The van der Waals surface area contributed by atoms with Crippen molar-refractivity contribution in [2.24, 2.45) is 17.6 Å². The standard InChI is InChI=1S/C9H19NO/c1-3-7-4-6(2)9(11)8(10)5-7/h6-9,11H,3-5,10H2,1-2H3/t6-,7+,8+,9+/m0/s1. The molecule has 0 bridgehead atoms. The summed E-state index contributed by atoms with van der Waals surface area (Å²) in [5.74, 6) is 1.13. The highest BCUT2D eigenvalue weighted by molar-refractivity contribution is 4.85. The zero-order valence-electron chi connectivity index (χ0n) is 7.46. The molecule has 0 radical (unpaired) electrons. The third-order valence-corrected chi connectivity index (χ3v) is 2.91. The van der Waals surface area contributed by atoms with Gasteiger partial charge in [0.25, 0.3) is 0 Å². The number of aliphatic hydroxyl groups excluding tert-OH is 1. The van der Waals surface area contributed by atoms with E-state index in [0.29, 0.717) is 5.92 Å². The lowest BCUT2D eigenvalue weighted by molar-refractivity contribution is 0.0376. The molecular weight excluding hydrogens is 138 g/mol. The van der Waals surface area contributed by atoms with Crippen LogP contribution in [0.3, 0.4) is 0 Å². The molecule has 0 saturated heterocycles. The summed E-state index contributed by atoms with van der Waals surface area (Å²) in [5.41, 5.74) is 5.78. The molecule has 4 atom stereocenters. The summed E-state index contributed by atoms with van der Waals surface area (Å²) in [5, 5.41) is 9.53. The van der Waals surface area contributed by atoms with E-state index >= 15 is 0 Å².